The highest BCUT2D eigenvalue weighted by Crippen LogP contribution is 2.36. The monoisotopic (exact) mass is 473 g/mol. The molecule has 1 atom stereocenters. The lowest BCUT2D eigenvalue weighted by Gasteiger charge is -2.20. The second-order valence-corrected chi connectivity index (χ2v) is 8.30. The smallest absolute Gasteiger partial charge is 0.257 e. The van der Waals surface area contributed by atoms with Crippen molar-refractivity contribution in [2.45, 2.75) is 13.3 Å². The van der Waals surface area contributed by atoms with E-state index in [2.05, 4.69) is 10.6 Å². The zero-order valence-corrected chi connectivity index (χ0v) is 19.8. The van der Waals surface area contributed by atoms with Crippen LogP contribution in [0.3, 0.4) is 0 Å². The Bertz CT molecular complexity index is 1270. The van der Waals surface area contributed by atoms with E-state index < -0.39 is 5.92 Å². The van der Waals surface area contributed by atoms with Crippen LogP contribution in [0.25, 0.3) is 0 Å². The summed E-state index contributed by atoms with van der Waals surface area (Å²) in [4.78, 5) is 40.3. The number of amides is 3. The average molecular weight is 474 g/mol. The van der Waals surface area contributed by atoms with Gasteiger partial charge in [-0.25, -0.2) is 0 Å². The molecular weight excluding hydrogens is 446 g/mol. The van der Waals surface area contributed by atoms with Crippen LogP contribution in [0.15, 0.2) is 66.7 Å². The minimum Gasteiger partial charge on any atom is -0.497 e. The second-order valence-electron chi connectivity index (χ2n) is 8.30. The standard InChI is InChI=1S/C27H27N3O5/c1-17-7-6-8-19(13-17)28-27(33)21-9-4-5-10-22(21)29-26(32)18-14-25(31)30(16-18)23-12-11-20(34-2)15-24(23)35-3/h4-13,15,18H,14,16H2,1-3H3,(H,28,33)(H,29,32)/t18-/m1/s1. The maximum atomic E-state index is 13.1. The number of methoxy groups -OCH3 is 2. The van der Waals surface area contributed by atoms with Crippen LogP contribution >= 0.6 is 0 Å². The van der Waals surface area contributed by atoms with Crippen molar-refractivity contribution in [3.63, 3.8) is 0 Å². The summed E-state index contributed by atoms with van der Waals surface area (Å²) in [6, 6.07) is 19.4. The van der Waals surface area contributed by atoms with Crippen molar-refractivity contribution in [3.05, 3.63) is 77.9 Å². The molecule has 3 aromatic carbocycles. The van der Waals surface area contributed by atoms with Crippen LogP contribution in [-0.2, 0) is 9.59 Å². The normalized spacial score (nSPS) is 15.0. The van der Waals surface area contributed by atoms with Gasteiger partial charge >= 0.3 is 0 Å². The molecule has 180 valence electrons. The molecule has 3 aromatic rings. The number of ether oxygens (including phenoxy) is 2. The first-order valence-corrected chi connectivity index (χ1v) is 11.2. The Labute approximate surface area is 203 Å². The predicted octanol–water partition coefficient (Wildman–Crippen LogP) is 4.26. The highest BCUT2D eigenvalue weighted by Gasteiger charge is 2.36. The van der Waals surface area contributed by atoms with Gasteiger partial charge in [-0.2, -0.15) is 0 Å². The molecule has 0 radical (unpaired) electrons. The Hall–Kier alpha value is -4.33. The molecule has 1 aliphatic rings. The Morgan fingerprint density at radius 1 is 0.943 bits per heavy atom. The van der Waals surface area contributed by atoms with Crippen molar-refractivity contribution in [2.75, 3.05) is 36.3 Å². The number of nitrogens with zero attached hydrogens (tertiary/aromatic N) is 1. The number of anilines is 3. The lowest BCUT2D eigenvalue weighted by atomic mass is 10.1. The Kier molecular flexibility index (Phi) is 7.01. The first-order chi connectivity index (χ1) is 16.9. The van der Waals surface area contributed by atoms with Crippen molar-refractivity contribution in [2.24, 2.45) is 5.92 Å². The van der Waals surface area contributed by atoms with E-state index in [1.165, 1.54) is 7.11 Å². The molecule has 1 aliphatic heterocycles. The fourth-order valence-electron chi connectivity index (χ4n) is 4.07. The maximum absolute atomic E-state index is 13.1. The highest BCUT2D eigenvalue weighted by atomic mass is 16.5. The molecule has 0 aromatic heterocycles. The van der Waals surface area contributed by atoms with E-state index in [1.807, 2.05) is 25.1 Å². The number of carbonyl (C=O) groups is 3. The van der Waals surface area contributed by atoms with E-state index in [9.17, 15) is 14.4 Å². The summed E-state index contributed by atoms with van der Waals surface area (Å²) in [6.07, 6.45) is 0.0542. The van der Waals surface area contributed by atoms with Gasteiger partial charge in [0.1, 0.15) is 11.5 Å². The van der Waals surface area contributed by atoms with Gasteiger partial charge in [-0.15, -0.1) is 0 Å². The minimum absolute atomic E-state index is 0.0542. The van der Waals surface area contributed by atoms with Gasteiger partial charge in [0.15, 0.2) is 0 Å². The van der Waals surface area contributed by atoms with E-state index in [0.29, 0.717) is 34.1 Å². The number of rotatable bonds is 7. The third kappa shape index (κ3) is 5.27. The van der Waals surface area contributed by atoms with E-state index in [0.717, 1.165) is 5.56 Å². The zero-order chi connectivity index (χ0) is 24.9. The molecule has 0 saturated carbocycles. The van der Waals surface area contributed by atoms with Crippen LogP contribution in [0.1, 0.15) is 22.3 Å². The Morgan fingerprint density at radius 2 is 1.74 bits per heavy atom. The first-order valence-electron chi connectivity index (χ1n) is 11.2. The molecule has 35 heavy (non-hydrogen) atoms. The van der Waals surface area contributed by atoms with Crippen molar-refractivity contribution >= 4 is 34.8 Å². The summed E-state index contributed by atoms with van der Waals surface area (Å²) in [6.45, 7) is 2.14. The second kappa shape index (κ2) is 10.3. The van der Waals surface area contributed by atoms with Gasteiger partial charge in [0, 0.05) is 24.7 Å². The summed E-state index contributed by atoms with van der Waals surface area (Å²) in [5.41, 5.74) is 2.98. The SMILES string of the molecule is COc1ccc(N2C[C@H](C(=O)Nc3ccccc3C(=O)Nc3cccc(C)c3)CC2=O)c(OC)c1. The van der Waals surface area contributed by atoms with Crippen molar-refractivity contribution in [3.8, 4) is 11.5 Å². The van der Waals surface area contributed by atoms with Crippen LogP contribution in [0, 0.1) is 12.8 Å². The summed E-state index contributed by atoms with van der Waals surface area (Å²) >= 11 is 0. The fraction of sp³-hybridized carbons (Fsp3) is 0.222. The molecule has 8 heteroatoms. The molecule has 1 fully saturated rings. The van der Waals surface area contributed by atoms with Crippen molar-refractivity contribution < 1.29 is 23.9 Å². The number of carbonyl (C=O) groups excluding carboxylic acids is 3. The third-order valence-corrected chi connectivity index (χ3v) is 5.88. The van der Waals surface area contributed by atoms with Crippen molar-refractivity contribution in [1.29, 1.82) is 0 Å². The van der Waals surface area contributed by atoms with E-state index in [1.54, 1.807) is 60.5 Å². The maximum Gasteiger partial charge on any atom is 0.257 e. The molecule has 3 amide bonds. The summed E-state index contributed by atoms with van der Waals surface area (Å²) < 4.78 is 10.6. The zero-order valence-electron chi connectivity index (χ0n) is 19.8. The largest absolute Gasteiger partial charge is 0.497 e. The predicted molar refractivity (Wildman–Crippen MR) is 134 cm³/mol. The van der Waals surface area contributed by atoms with Gasteiger partial charge in [-0.1, -0.05) is 24.3 Å². The van der Waals surface area contributed by atoms with Crippen LogP contribution in [0.4, 0.5) is 17.1 Å². The summed E-state index contributed by atoms with van der Waals surface area (Å²) in [5.74, 6) is -0.340. The minimum atomic E-state index is -0.581. The number of benzene rings is 3. The molecule has 8 nitrogen and oxygen atoms in total. The number of aryl methyl sites for hydroxylation is 1. The molecule has 2 N–H and O–H groups in total. The number of nitrogens with one attached hydrogen (secondary N) is 2. The molecular formula is C27H27N3O5. The van der Waals surface area contributed by atoms with Gasteiger partial charge < -0.3 is 25.0 Å². The highest BCUT2D eigenvalue weighted by molar-refractivity contribution is 6.11. The van der Waals surface area contributed by atoms with Crippen LogP contribution in [-0.4, -0.2) is 38.5 Å². The van der Waals surface area contributed by atoms with Gasteiger partial charge in [0.25, 0.3) is 5.91 Å². The van der Waals surface area contributed by atoms with E-state index >= 15 is 0 Å². The quantitative estimate of drug-likeness (QED) is 0.535. The molecule has 0 aliphatic carbocycles. The van der Waals surface area contributed by atoms with E-state index in [4.69, 9.17) is 9.47 Å². The van der Waals surface area contributed by atoms with E-state index in [-0.39, 0.29) is 30.7 Å². The lowest BCUT2D eigenvalue weighted by Crippen LogP contribution is -2.29. The van der Waals surface area contributed by atoms with Gasteiger partial charge in [-0.3, -0.25) is 14.4 Å². The summed E-state index contributed by atoms with van der Waals surface area (Å²) in [5, 5.41) is 5.70. The van der Waals surface area contributed by atoms with Gasteiger partial charge in [0.2, 0.25) is 11.8 Å². The average Bonchev–Trinajstić information content (AvgIpc) is 3.25. The first kappa shape index (κ1) is 23.8. The lowest BCUT2D eigenvalue weighted by molar-refractivity contribution is -0.122. The molecule has 4 rings (SSSR count). The summed E-state index contributed by atoms with van der Waals surface area (Å²) in [7, 11) is 3.07. The van der Waals surface area contributed by atoms with Gasteiger partial charge in [-0.05, 0) is 48.9 Å². The van der Waals surface area contributed by atoms with Gasteiger partial charge in [0.05, 0.1) is 37.1 Å². The van der Waals surface area contributed by atoms with Crippen molar-refractivity contribution in [1.82, 2.24) is 0 Å². The molecule has 0 bridgehead atoms. The number of hydrogen-bond donors (Lipinski definition) is 2. The molecule has 0 spiro atoms. The van der Waals surface area contributed by atoms with Crippen LogP contribution < -0.4 is 25.0 Å². The Balaban J connectivity index is 1.48. The topological polar surface area (TPSA) is 97.0 Å². The van der Waals surface area contributed by atoms with Crippen LogP contribution in [0.5, 0.6) is 11.5 Å². The molecule has 1 saturated heterocycles. The molecule has 1 heterocycles. The Morgan fingerprint density at radius 3 is 2.49 bits per heavy atom. The number of hydrogen-bond acceptors (Lipinski definition) is 5. The van der Waals surface area contributed by atoms with Crippen LogP contribution in [0.2, 0.25) is 0 Å². The fourth-order valence-corrected chi connectivity index (χ4v) is 4.07. The third-order valence-electron chi connectivity index (χ3n) is 5.88. The number of para-hydroxylation sites is 1. The molecule has 0 unspecified atom stereocenters.